The van der Waals surface area contributed by atoms with E-state index in [1.807, 2.05) is 13.8 Å². The van der Waals surface area contributed by atoms with Crippen LogP contribution in [0.25, 0.3) is 0 Å². The zero-order valence-corrected chi connectivity index (χ0v) is 9.52. The molecule has 1 aromatic rings. The first-order chi connectivity index (χ1) is 7.00. The summed E-state index contributed by atoms with van der Waals surface area (Å²) in [6, 6.07) is 0. The maximum atomic E-state index is 11.5. The molecule has 0 spiro atoms. The number of hydrogen-bond acceptors (Lipinski definition) is 3. The summed E-state index contributed by atoms with van der Waals surface area (Å²) < 4.78 is 0. The second-order valence-electron chi connectivity index (χ2n) is 3.67. The highest BCUT2D eigenvalue weighted by molar-refractivity contribution is 7.80. The van der Waals surface area contributed by atoms with Crippen LogP contribution in [0.15, 0.2) is 6.20 Å². The number of H-pyrrole nitrogens is 1. The van der Waals surface area contributed by atoms with Gasteiger partial charge >= 0.3 is 0 Å². The second kappa shape index (κ2) is 4.88. The highest BCUT2D eigenvalue weighted by Gasteiger charge is 2.11. The van der Waals surface area contributed by atoms with Crippen LogP contribution < -0.4 is 11.1 Å². The number of aromatic nitrogens is 2. The number of nitrogens with one attached hydrogen (secondary N) is 2. The van der Waals surface area contributed by atoms with E-state index in [0.29, 0.717) is 23.7 Å². The van der Waals surface area contributed by atoms with Crippen LogP contribution in [0.2, 0.25) is 0 Å². The van der Waals surface area contributed by atoms with E-state index in [9.17, 15) is 4.79 Å². The summed E-state index contributed by atoms with van der Waals surface area (Å²) in [4.78, 5) is 11.7. The van der Waals surface area contributed by atoms with Crippen molar-refractivity contribution in [3.63, 3.8) is 0 Å². The van der Waals surface area contributed by atoms with Gasteiger partial charge in [-0.15, -0.1) is 0 Å². The number of rotatable bonds is 4. The van der Waals surface area contributed by atoms with Crippen LogP contribution in [0.5, 0.6) is 0 Å². The van der Waals surface area contributed by atoms with Crippen LogP contribution >= 0.6 is 12.2 Å². The predicted molar refractivity (Wildman–Crippen MR) is 62.6 cm³/mol. The van der Waals surface area contributed by atoms with Crippen molar-refractivity contribution in [3.8, 4) is 0 Å². The number of nitrogens with zero attached hydrogens (tertiary/aromatic N) is 1. The number of aromatic amines is 1. The fourth-order valence-electron chi connectivity index (χ4n) is 1.13. The Kier molecular flexibility index (Phi) is 3.79. The first kappa shape index (κ1) is 11.6. The Bertz CT molecular complexity index is 372. The maximum absolute atomic E-state index is 11.5. The van der Waals surface area contributed by atoms with Crippen molar-refractivity contribution in [1.82, 2.24) is 10.2 Å². The van der Waals surface area contributed by atoms with Gasteiger partial charge in [-0.2, -0.15) is 5.10 Å². The summed E-state index contributed by atoms with van der Waals surface area (Å²) in [5, 5.41) is 9.09. The molecule has 4 N–H and O–H groups in total. The SMILES string of the molecule is CC(C)CC(=O)Nc1[nH]ncc1C(N)=S. The third-order valence-corrected chi connectivity index (χ3v) is 1.98. The number of anilines is 1. The minimum atomic E-state index is -0.0771. The molecular formula is C9H14N4OS. The van der Waals surface area contributed by atoms with Crippen LogP contribution in [-0.4, -0.2) is 21.1 Å². The molecule has 0 aliphatic carbocycles. The molecule has 0 saturated carbocycles. The standard InChI is InChI=1S/C9H14N4OS/c1-5(2)3-7(14)12-9-6(8(10)15)4-11-13-9/h4-5H,3H2,1-2H3,(H2,10,15)(H2,11,12,13,14). The zero-order valence-electron chi connectivity index (χ0n) is 8.70. The lowest BCUT2D eigenvalue weighted by atomic mass is 10.1. The lowest BCUT2D eigenvalue weighted by molar-refractivity contribution is -0.116. The topological polar surface area (TPSA) is 83.8 Å². The van der Waals surface area contributed by atoms with Crippen molar-refractivity contribution in [2.45, 2.75) is 20.3 Å². The minimum absolute atomic E-state index is 0.0771. The Hall–Kier alpha value is -1.43. The van der Waals surface area contributed by atoms with Gasteiger partial charge in [-0.3, -0.25) is 9.89 Å². The molecule has 1 amide bonds. The molecule has 0 aliphatic rings. The van der Waals surface area contributed by atoms with Gasteiger partial charge in [0.1, 0.15) is 10.8 Å². The molecule has 1 rings (SSSR count). The predicted octanol–water partition coefficient (Wildman–Crippen LogP) is 1.03. The first-order valence-corrected chi connectivity index (χ1v) is 5.04. The van der Waals surface area contributed by atoms with E-state index >= 15 is 0 Å². The number of thiocarbonyl (C=S) groups is 1. The molecule has 0 aromatic carbocycles. The Morgan fingerprint density at radius 3 is 2.93 bits per heavy atom. The molecule has 6 heteroatoms. The molecule has 1 aromatic heterocycles. The van der Waals surface area contributed by atoms with Crippen LogP contribution in [0.1, 0.15) is 25.8 Å². The first-order valence-electron chi connectivity index (χ1n) is 4.63. The minimum Gasteiger partial charge on any atom is -0.389 e. The van der Waals surface area contributed by atoms with Gasteiger partial charge < -0.3 is 11.1 Å². The fraction of sp³-hybridized carbons (Fsp3) is 0.444. The van der Waals surface area contributed by atoms with E-state index in [1.165, 1.54) is 6.20 Å². The van der Waals surface area contributed by atoms with Crippen LogP contribution in [0.3, 0.4) is 0 Å². The molecule has 82 valence electrons. The molecule has 0 unspecified atom stereocenters. The summed E-state index contributed by atoms with van der Waals surface area (Å²) >= 11 is 4.81. The molecule has 0 atom stereocenters. The molecule has 0 saturated heterocycles. The number of amides is 1. The van der Waals surface area contributed by atoms with Crippen molar-refractivity contribution < 1.29 is 4.79 Å². The number of carbonyl (C=O) groups is 1. The van der Waals surface area contributed by atoms with Gasteiger partial charge in [0.2, 0.25) is 5.91 Å². The molecule has 1 heterocycles. The van der Waals surface area contributed by atoms with Gasteiger partial charge in [-0.05, 0) is 5.92 Å². The highest BCUT2D eigenvalue weighted by atomic mass is 32.1. The van der Waals surface area contributed by atoms with E-state index in [-0.39, 0.29) is 10.9 Å². The summed E-state index contributed by atoms with van der Waals surface area (Å²) in [5.74, 6) is 0.695. The van der Waals surface area contributed by atoms with Gasteiger partial charge in [0.15, 0.2) is 0 Å². The molecule has 15 heavy (non-hydrogen) atoms. The van der Waals surface area contributed by atoms with Gasteiger partial charge in [0.25, 0.3) is 0 Å². The largest absolute Gasteiger partial charge is 0.389 e. The fourth-order valence-corrected chi connectivity index (χ4v) is 1.28. The van der Waals surface area contributed by atoms with Crippen LogP contribution in [0, 0.1) is 5.92 Å². The van der Waals surface area contributed by atoms with Gasteiger partial charge in [0.05, 0.1) is 11.8 Å². The monoisotopic (exact) mass is 226 g/mol. The highest BCUT2D eigenvalue weighted by Crippen LogP contribution is 2.11. The van der Waals surface area contributed by atoms with Crippen molar-refractivity contribution in [1.29, 1.82) is 0 Å². The molecule has 0 aliphatic heterocycles. The third kappa shape index (κ3) is 3.32. The Balaban J connectivity index is 2.68. The molecule has 0 bridgehead atoms. The summed E-state index contributed by atoms with van der Waals surface area (Å²) in [6.07, 6.45) is 1.95. The van der Waals surface area contributed by atoms with E-state index < -0.39 is 0 Å². The molecular weight excluding hydrogens is 212 g/mol. The van der Waals surface area contributed by atoms with Crippen molar-refractivity contribution >= 4 is 28.9 Å². The van der Waals surface area contributed by atoms with Gasteiger partial charge in [-0.1, -0.05) is 26.1 Å². The number of hydrogen-bond donors (Lipinski definition) is 3. The molecule has 0 radical (unpaired) electrons. The van der Waals surface area contributed by atoms with Crippen LogP contribution in [0.4, 0.5) is 5.82 Å². The van der Waals surface area contributed by atoms with Crippen molar-refractivity contribution in [3.05, 3.63) is 11.8 Å². The van der Waals surface area contributed by atoms with E-state index in [4.69, 9.17) is 18.0 Å². The number of carbonyl (C=O) groups excluding carboxylic acids is 1. The lowest BCUT2D eigenvalue weighted by Gasteiger charge is -2.06. The van der Waals surface area contributed by atoms with Crippen LogP contribution in [-0.2, 0) is 4.79 Å². The Morgan fingerprint density at radius 2 is 2.40 bits per heavy atom. The quantitative estimate of drug-likeness (QED) is 0.669. The number of nitrogens with two attached hydrogens (primary N) is 1. The lowest BCUT2D eigenvalue weighted by Crippen LogP contribution is -2.18. The third-order valence-electron chi connectivity index (χ3n) is 1.76. The van der Waals surface area contributed by atoms with Crippen molar-refractivity contribution in [2.24, 2.45) is 11.7 Å². The van der Waals surface area contributed by atoms with Crippen molar-refractivity contribution in [2.75, 3.05) is 5.32 Å². The average Bonchev–Trinajstić information content (AvgIpc) is 2.50. The Labute approximate surface area is 93.4 Å². The maximum Gasteiger partial charge on any atom is 0.225 e. The second-order valence-corrected chi connectivity index (χ2v) is 4.11. The van der Waals surface area contributed by atoms with E-state index in [1.54, 1.807) is 0 Å². The Morgan fingerprint density at radius 1 is 1.73 bits per heavy atom. The summed E-state index contributed by atoms with van der Waals surface area (Å²) in [7, 11) is 0. The smallest absolute Gasteiger partial charge is 0.225 e. The average molecular weight is 226 g/mol. The summed E-state index contributed by atoms with van der Waals surface area (Å²) in [6.45, 7) is 3.95. The molecule has 0 fully saturated rings. The summed E-state index contributed by atoms with van der Waals surface area (Å²) in [5.41, 5.74) is 6.01. The van der Waals surface area contributed by atoms with Gasteiger partial charge in [-0.25, -0.2) is 0 Å². The normalized spacial score (nSPS) is 10.3. The molecule has 5 nitrogen and oxygen atoms in total. The van der Waals surface area contributed by atoms with Gasteiger partial charge in [0, 0.05) is 6.42 Å². The van der Waals surface area contributed by atoms with E-state index in [2.05, 4.69) is 15.5 Å². The zero-order chi connectivity index (χ0) is 11.4. The van der Waals surface area contributed by atoms with E-state index in [0.717, 1.165) is 0 Å².